The summed E-state index contributed by atoms with van der Waals surface area (Å²) >= 11 is 18.0. The van der Waals surface area contributed by atoms with Gasteiger partial charge in [0.2, 0.25) is 0 Å². The van der Waals surface area contributed by atoms with E-state index in [9.17, 15) is 0 Å². The highest BCUT2D eigenvalue weighted by Gasteiger charge is 2.09. The van der Waals surface area contributed by atoms with Crippen molar-refractivity contribution in [2.24, 2.45) is 20.7 Å². The number of aromatic nitrogens is 6. The molecular weight excluding hydrogens is 1050 g/mol. The number of nitrogens with two attached hydrogens (primary N) is 1. The molecule has 9 rings (SSSR count). The van der Waals surface area contributed by atoms with E-state index in [1.807, 2.05) is 149 Å². The Morgan fingerprint density at radius 2 is 1.01 bits per heavy atom. The summed E-state index contributed by atoms with van der Waals surface area (Å²) in [4.78, 5) is 25.7. The number of halogens is 3. The summed E-state index contributed by atoms with van der Waals surface area (Å²) in [6, 6.07) is 39.3. The Kier molecular flexibility index (Phi) is 24.8. The van der Waals surface area contributed by atoms with E-state index in [0.717, 1.165) is 100 Å². The summed E-state index contributed by atoms with van der Waals surface area (Å²) in [5, 5.41) is 38.1. The van der Waals surface area contributed by atoms with Crippen molar-refractivity contribution < 1.29 is 9.47 Å². The summed E-state index contributed by atoms with van der Waals surface area (Å²) < 4.78 is 10.7. The zero-order chi connectivity index (χ0) is 55.3. The van der Waals surface area contributed by atoms with E-state index in [-0.39, 0.29) is 0 Å². The molecule has 0 radical (unpaired) electrons. The van der Waals surface area contributed by atoms with Gasteiger partial charge in [-0.3, -0.25) is 10.4 Å². The van der Waals surface area contributed by atoms with Crippen molar-refractivity contribution in [3.63, 3.8) is 0 Å². The van der Waals surface area contributed by atoms with Crippen LogP contribution < -0.4 is 37.7 Å². The van der Waals surface area contributed by atoms with Gasteiger partial charge >= 0.3 is 0 Å². The largest absolute Gasteiger partial charge is 0.399 e. The molecule has 3 aromatic heterocycles. The first kappa shape index (κ1) is 59.3. The first-order valence-electron chi connectivity index (χ1n) is 24.8. The molecule has 0 bridgehead atoms. The van der Waals surface area contributed by atoms with Crippen molar-refractivity contribution in [2.45, 2.75) is 13.3 Å². The Morgan fingerprint density at radius 3 is 1.50 bits per heavy atom. The van der Waals surface area contributed by atoms with Gasteiger partial charge in [-0.2, -0.15) is 5.11 Å². The first-order valence-corrected chi connectivity index (χ1v) is 25.9. The van der Waals surface area contributed by atoms with Crippen LogP contribution in [0.3, 0.4) is 0 Å². The fourth-order valence-corrected chi connectivity index (χ4v) is 7.46. The number of benzene rings is 6. The smallest absolute Gasteiger partial charge is 0.141 e. The number of nitrogen functional groups attached to an aromatic ring is 1. The van der Waals surface area contributed by atoms with Crippen LogP contribution in [0.15, 0.2) is 167 Å². The van der Waals surface area contributed by atoms with Crippen LogP contribution in [0.4, 0.5) is 51.6 Å². The number of ether oxygens (including phenoxy) is 2. The van der Waals surface area contributed by atoms with Crippen molar-refractivity contribution in [2.75, 3.05) is 101 Å². The van der Waals surface area contributed by atoms with Gasteiger partial charge in [-0.25, -0.2) is 29.9 Å². The maximum absolute atomic E-state index is 6.07. The molecule has 0 unspecified atom stereocenters. The Morgan fingerprint density at radius 1 is 0.538 bits per heavy atom. The molecule has 9 aromatic rings. The summed E-state index contributed by atoms with van der Waals surface area (Å²) in [5.74, 6) is 2.09. The molecule has 0 aliphatic carbocycles. The first-order chi connectivity index (χ1) is 38.0. The normalized spacial score (nSPS) is 10.9. The van der Waals surface area contributed by atoms with Gasteiger partial charge in [-0.15, -0.1) is 5.11 Å². The number of hydrogen-bond donors (Lipinski definition) is 7. The van der Waals surface area contributed by atoms with Gasteiger partial charge in [-0.1, -0.05) is 70.4 Å². The van der Waals surface area contributed by atoms with E-state index in [2.05, 4.69) is 89.5 Å². The lowest BCUT2D eigenvalue weighted by Gasteiger charge is -2.11. The van der Waals surface area contributed by atoms with Crippen LogP contribution in [0.5, 0.6) is 0 Å². The fraction of sp³-hybridized carbons (Fsp3) is 0.236. The Hall–Kier alpha value is -7.95. The average Bonchev–Trinajstić information content (AvgIpc) is 3.44. The van der Waals surface area contributed by atoms with Crippen LogP contribution in [-0.4, -0.2) is 109 Å². The Labute approximate surface area is 468 Å². The Bertz CT molecular complexity index is 3330. The van der Waals surface area contributed by atoms with E-state index < -0.39 is 0 Å². The number of likely N-dealkylation sites (N-methyl/N-ethyl adjacent to an activating group) is 3. The summed E-state index contributed by atoms with van der Waals surface area (Å²) in [6.45, 7) is 7.63. The number of nitrogens with zero attached hydrogens (tertiary/aromatic N) is 11. The van der Waals surface area contributed by atoms with E-state index >= 15 is 0 Å². The highest BCUT2D eigenvalue weighted by atomic mass is 35.5. The maximum atomic E-state index is 6.07. The molecule has 0 spiro atoms. The quantitative estimate of drug-likeness (QED) is 0.0153. The summed E-state index contributed by atoms with van der Waals surface area (Å²) in [5.41, 5.74) is 15.9. The summed E-state index contributed by atoms with van der Waals surface area (Å²) in [6.07, 6.45) is 5.58. The van der Waals surface area contributed by atoms with Gasteiger partial charge in [-0.05, 0) is 130 Å². The van der Waals surface area contributed by atoms with E-state index in [0.29, 0.717) is 51.4 Å². The molecule has 23 heteroatoms. The molecule has 0 saturated carbocycles. The minimum Gasteiger partial charge on any atom is -0.399 e. The minimum atomic E-state index is 0.628. The molecule has 0 saturated heterocycles. The lowest BCUT2D eigenvalue weighted by molar-refractivity contribution is 0.111. The van der Waals surface area contributed by atoms with Gasteiger partial charge in [0.05, 0.1) is 61.3 Å². The molecule has 3 heterocycles. The maximum Gasteiger partial charge on any atom is 0.141 e. The number of anilines is 8. The second-order valence-electron chi connectivity index (χ2n) is 16.7. The van der Waals surface area contributed by atoms with Crippen LogP contribution in [0.1, 0.15) is 13.3 Å². The zero-order valence-corrected chi connectivity index (χ0v) is 46.2. The minimum absolute atomic E-state index is 0.628. The third-order valence-electron chi connectivity index (χ3n) is 10.7. The molecule has 78 heavy (non-hydrogen) atoms. The third-order valence-corrected chi connectivity index (χ3v) is 11.4. The molecule has 8 N–H and O–H groups in total. The SMILES string of the molecule is CCCOCCN(C)N=Nc1ccc2ncnc(Nc3cccc(Cl)c3)c2c1.CN=NNc1ccc2ncnc(Nc3cccc(Cl)c3)c2c1.CNCCOCCNC.Nc1ccc2ncnc(Nc3cccc(Cl)c3)c2c1. The van der Waals surface area contributed by atoms with Crippen molar-refractivity contribution in [3.05, 3.63) is 161 Å². The van der Waals surface area contributed by atoms with Crippen molar-refractivity contribution >= 4 is 119 Å². The van der Waals surface area contributed by atoms with E-state index in [4.69, 9.17) is 50.0 Å². The highest BCUT2D eigenvalue weighted by molar-refractivity contribution is 6.31. The lowest BCUT2D eigenvalue weighted by Crippen LogP contribution is -2.19. The topological polar surface area (TPSA) is 247 Å². The highest BCUT2D eigenvalue weighted by Crippen LogP contribution is 2.30. The van der Waals surface area contributed by atoms with Gasteiger partial charge < -0.3 is 41.8 Å². The van der Waals surface area contributed by atoms with Gasteiger partial charge in [0.15, 0.2) is 0 Å². The third kappa shape index (κ3) is 19.9. The fourth-order valence-electron chi connectivity index (χ4n) is 6.89. The van der Waals surface area contributed by atoms with Gasteiger partial charge in [0.1, 0.15) is 36.4 Å². The van der Waals surface area contributed by atoms with Crippen molar-refractivity contribution in [3.8, 4) is 0 Å². The summed E-state index contributed by atoms with van der Waals surface area (Å²) in [7, 11) is 7.31. The van der Waals surface area contributed by atoms with Gasteiger partial charge in [0, 0.05) is 80.7 Å². The number of nitrogens with one attached hydrogen (secondary N) is 6. The predicted octanol–water partition coefficient (Wildman–Crippen LogP) is 12.9. The Balaban J connectivity index is 0.000000178. The van der Waals surface area contributed by atoms with Crippen LogP contribution in [0, 0.1) is 0 Å². The number of hydrogen-bond acceptors (Lipinski definition) is 18. The van der Waals surface area contributed by atoms with Crippen LogP contribution >= 0.6 is 34.8 Å². The molecular formula is C55H63Cl3N18O2. The van der Waals surface area contributed by atoms with Gasteiger partial charge in [0.25, 0.3) is 0 Å². The van der Waals surface area contributed by atoms with Crippen LogP contribution in [0.25, 0.3) is 32.7 Å². The molecule has 0 amide bonds. The monoisotopic (exact) mass is 1110 g/mol. The molecule has 0 fully saturated rings. The molecule has 406 valence electrons. The lowest BCUT2D eigenvalue weighted by atomic mass is 10.2. The van der Waals surface area contributed by atoms with E-state index in [1.165, 1.54) is 19.0 Å². The van der Waals surface area contributed by atoms with E-state index in [1.54, 1.807) is 12.1 Å². The second kappa shape index (κ2) is 32.6. The number of fused-ring (bicyclic) bond motifs is 3. The van der Waals surface area contributed by atoms with Crippen molar-refractivity contribution in [1.82, 2.24) is 45.5 Å². The zero-order valence-electron chi connectivity index (χ0n) is 44.0. The molecule has 0 aliphatic heterocycles. The van der Waals surface area contributed by atoms with Crippen LogP contribution in [-0.2, 0) is 9.47 Å². The average molecular weight is 1110 g/mol. The molecule has 6 aromatic carbocycles. The standard InChI is InChI=1S/C20H23ClN6O.C15H13ClN6.C14H11ClN4.C6H16N2O/c1-3-10-28-11-9-27(2)26-25-17-7-8-19-18(13-17)20(23-14-22-19)24-16-6-4-5-15(21)12-16;1-17-22-21-12-5-6-14-13(8-12)15(19-9-18-14)20-11-4-2-3-10(16)7-11;15-9-2-1-3-11(6-9)19-14-12-7-10(16)4-5-13(12)17-8-18-14;1-7-3-5-9-6-4-8-2/h4-8,12-14H,3,9-11H2,1-2H3,(H,22,23,24);2-9H,1H3,(H,17,21)(H,18,19,20);1-8H,16H2,(H,17,18,19);7-8H,3-6H2,1-2H3. The predicted molar refractivity (Wildman–Crippen MR) is 319 cm³/mol. The molecule has 0 aliphatic rings. The second-order valence-corrected chi connectivity index (χ2v) is 18.0. The van der Waals surface area contributed by atoms with Crippen molar-refractivity contribution in [1.29, 1.82) is 0 Å². The number of rotatable bonds is 21. The molecule has 0 atom stereocenters. The molecule has 20 nitrogen and oxygen atoms in total. The van der Waals surface area contributed by atoms with Crippen LogP contribution in [0.2, 0.25) is 15.1 Å².